The molecule has 2 aromatic carbocycles. The number of hydrogen-bond acceptors (Lipinski definition) is 6. The predicted molar refractivity (Wildman–Crippen MR) is 105 cm³/mol. The molecule has 0 heterocycles. The maximum atomic E-state index is 12.2. The third-order valence-electron chi connectivity index (χ3n) is 3.40. The van der Waals surface area contributed by atoms with Crippen molar-refractivity contribution in [3.05, 3.63) is 48.0 Å². The van der Waals surface area contributed by atoms with Crippen molar-refractivity contribution in [1.82, 2.24) is 5.43 Å². The minimum atomic E-state index is -0.762. The number of methoxy groups -OCH3 is 1. The smallest absolute Gasteiger partial charge is 0.332 e. The number of carbonyl (C=O) groups is 2. The number of benzene rings is 2. The van der Waals surface area contributed by atoms with Gasteiger partial charge in [0.15, 0.2) is 18.1 Å². The monoisotopic (exact) mass is 386 g/mol. The van der Waals surface area contributed by atoms with Crippen LogP contribution in [0.3, 0.4) is 0 Å². The number of rotatable bonds is 9. The second-order valence-electron chi connectivity index (χ2n) is 5.41. The van der Waals surface area contributed by atoms with E-state index in [2.05, 4.69) is 15.8 Å². The van der Waals surface area contributed by atoms with E-state index in [9.17, 15) is 9.59 Å². The number of para-hydroxylation sites is 2. The standard InChI is InChI=1S/C19H22N4O5/c1-3-27-17-10-13(11-21-23-19(20)25)8-9-16(17)28-12-18(24)22-14-6-4-5-7-15(14)26-2/h4-11H,3,12H2,1-2H3,(H,22,24)(H3,20,23,25)/b21-11-. The van der Waals surface area contributed by atoms with Gasteiger partial charge in [0, 0.05) is 0 Å². The molecule has 0 saturated heterocycles. The molecule has 28 heavy (non-hydrogen) atoms. The number of carbonyl (C=O) groups excluding carboxylic acids is 2. The number of anilines is 1. The molecule has 0 aliphatic heterocycles. The zero-order chi connectivity index (χ0) is 20.4. The Hall–Kier alpha value is -3.75. The van der Waals surface area contributed by atoms with E-state index in [1.54, 1.807) is 36.4 Å². The van der Waals surface area contributed by atoms with Gasteiger partial charge in [-0.05, 0) is 42.8 Å². The van der Waals surface area contributed by atoms with Crippen LogP contribution in [0.2, 0.25) is 0 Å². The Kier molecular flexibility index (Phi) is 7.64. The van der Waals surface area contributed by atoms with Crippen molar-refractivity contribution in [2.24, 2.45) is 10.8 Å². The highest BCUT2D eigenvalue weighted by atomic mass is 16.5. The van der Waals surface area contributed by atoms with Gasteiger partial charge in [0.05, 0.1) is 25.6 Å². The molecule has 0 bridgehead atoms. The lowest BCUT2D eigenvalue weighted by molar-refractivity contribution is -0.118. The van der Waals surface area contributed by atoms with Crippen molar-refractivity contribution >= 4 is 23.8 Å². The number of nitrogens with zero attached hydrogens (tertiary/aromatic N) is 1. The van der Waals surface area contributed by atoms with Gasteiger partial charge >= 0.3 is 6.03 Å². The normalized spacial score (nSPS) is 10.4. The molecular formula is C19H22N4O5. The van der Waals surface area contributed by atoms with E-state index >= 15 is 0 Å². The van der Waals surface area contributed by atoms with E-state index in [0.29, 0.717) is 35.1 Å². The molecule has 9 heteroatoms. The summed E-state index contributed by atoms with van der Waals surface area (Å²) in [5.74, 6) is 1.05. The van der Waals surface area contributed by atoms with Gasteiger partial charge in [-0.3, -0.25) is 4.79 Å². The van der Waals surface area contributed by atoms with Crippen LogP contribution < -0.4 is 30.7 Å². The number of ether oxygens (including phenoxy) is 3. The number of nitrogens with one attached hydrogen (secondary N) is 2. The Morgan fingerprint density at radius 1 is 1.11 bits per heavy atom. The highest BCUT2D eigenvalue weighted by molar-refractivity contribution is 5.93. The minimum absolute atomic E-state index is 0.214. The average Bonchev–Trinajstić information content (AvgIpc) is 2.68. The van der Waals surface area contributed by atoms with E-state index in [-0.39, 0.29) is 12.5 Å². The van der Waals surface area contributed by atoms with Crippen LogP contribution in [0.1, 0.15) is 12.5 Å². The van der Waals surface area contributed by atoms with Gasteiger partial charge in [-0.25, -0.2) is 10.2 Å². The molecule has 148 valence electrons. The first-order chi connectivity index (χ1) is 13.5. The van der Waals surface area contributed by atoms with Crippen molar-refractivity contribution < 1.29 is 23.8 Å². The summed E-state index contributed by atoms with van der Waals surface area (Å²) in [6.45, 7) is 2.02. The number of hydrogen-bond donors (Lipinski definition) is 3. The minimum Gasteiger partial charge on any atom is -0.495 e. The molecule has 0 fully saturated rings. The largest absolute Gasteiger partial charge is 0.495 e. The molecule has 0 saturated carbocycles. The molecule has 3 amide bonds. The third-order valence-corrected chi connectivity index (χ3v) is 3.40. The van der Waals surface area contributed by atoms with Gasteiger partial charge in [0.2, 0.25) is 0 Å². The third kappa shape index (κ3) is 6.20. The van der Waals surface area contributed by atoms with E-state index in [1.165, 1.54) is 13.3 Å². The molecule has 0 aliphatic carbocycles. The molecule has 0 aromatic heterocycles. The summed E-state index contributed by atoms with van der Waals surface area (Å²) in [7, 11) is 1.53. The van der Waals surface area contributed by atoms with Crippen LogP contribution in [0, 0.1) is 0 Å². The second-order valence-corrected chi connectivity index (χ2v) is 5.41. The van der Waals surface area contributed by atoms with Crippen LogP contribution in [0.4, 0.5) is 10.5 Å². The first kappa shape index (κ1) is 20.6. The zero-order valence-corrected chi connectivity index (χ0v) is 15.6. The fraction of sp³-hybridized carbons (Fsp3) is 0.211. The SMILES string of the molecule is CCOc1cc(/C=N\NC(N)=O)ccc1OCC(=O)Nc1ccccc1OC. The second kappa shape index (κ2) is 10.4. The van der Waals surface area contributed by atoms with Crippen LogP contribution in [0.5, 0.6) is 17.2 Å². The summed E-state index contributed by atoms with van der Waals surface area (Å²) >= 11 is 0. The zero-order valence-electron chi connectivity index (χ0n) is 15.6. The number of amides is 3. The molecule has 0 atom stereocenters. The molecule has 4 N–H and O–H groups in total. The molecule has 9 nitrogen and oxygen atoms in total. The van der Waals surface area contributed by atoms with Crippen molar-refractivity contribution in [3.63, 3.8) is 0 Å². The summed E-state index contributed by atoms with van der Waals surface area (Å²) in [6.07, 6.45) is 1.41. The maximum absolute atomic E-state index is 12.2. The van der Waals surface area contributed by atoms with E-state index in [4.69, 9.17) is 19.9 Å². The fourth-order valence-electron chi connectivity index (χ4n) is 2.24. The molecule has 0 unspecified atom stereocenters. The highest BCUT2D eigenvalue weighted by Gasteiger charge is 2.11. The van der Waals surface area contributed by atoms with Crippen LogP contribution in [-0.4, -0.2) is 38.5 Å². The Labute approximate surface area is 162 Å². The van der Waals surface area contributed by atoms with E-state index < -0.39 is 6.03 Å². The van der Waals surface area contributed by atoms with E-state index in [0.717, 1.165) is 0 Å². The van der Waals surface area contributed by atoms with Gasteiger partial charge in [-0.1, -0.05) is 12.1 Å². The first-order valence-electron chi connectivity index (χ1n) is 8.44. The van der Waals surface area contributed by atoms with Gasteiger partial charge < -0.3 is 25.3 Å². The van der Waals surface area contributed by atoms with Crippen LogP contribution in [0.15, 0.2) is 47.6 Å². The number of primary amides is 1. The molecule has 2 aromatic rings. The fourth-order valence-corrected chi connectivity index (χ4v) is 2.24. The van der Waals surface area contributed by atoms with Gasteiger partial charge in [-0.15, -0.1) is 0 Å². The average molecular weight is 386 g/mol. The molecular weight excluding hydrogens is 364 g/mol. The topological polar surface area (TPSA) is 124 Å². The first-order valence-corrected chi connectivity index (χ1v) is 8.44. The Morgan fingerprint density at radius 3 is 2.61 bits per heavy atom. The van der Waals surface area contributed by atoms with Crippen molar-refractivity contribution in [2.45, 2.75) is 6.92 Å². The quantitative estimate of drug-likeness (QED) is 0.450. The number of nitrogens with two attached hydrogens (primary N) is 1. The summed E-state index contributed by atoms with van der Waals surface area (Å²) < 4.78 is 16.3. The lowest BCUT2D eigenvalue weighted by Crippen LogP contribution is -2.24. The molecule has 0 spiro atoms. The van der Waals surface area contributed by atoms with Crippen molar-refractivity contribution in [2.75, 3.05) is 25.6 Å². The summed E-state index contributed by atoms with van der Waals surface area (Å²) in [5.41, 5.74) is 8.26. The molecule has 0 aliphatic rings. The van der Waals surface area contributed by atoms with Crippen molar-refractivity contribution in [1.29, 1.82) is 0 Å². The molecule has 2 rings (SSSR count). The number of urea groups is 1. The van der Waals surface area contributed by atoms with Crippen LogP contribution >= 0.6 is 0 Å². The van der Waals surface area contributed by atoms with Crippen molar-refractivity contribution in [3.8, 4) is 17.2 Å². The molecule has 0 radical (unpaired) electrons. The summed E-state index contributed by atoms with van der Waals surface area (Å²) in [6, 6.07) is 11.3. The van der Waals surface area contributed by atoms with Crippen LogP contribution in [0.25, 0.3) is 0 Å². The highest BCUT2D eigenvalue weighted by Crippen LogP contribution is 2.28. The van der Waals surface area contributed by atoms with Crippen LogP contribution in [-0.2, 0) is 4.79 Å². The summed E-state index contributed by atoms with van der Waals surface area (Å²) in [5, 5.41) is 6.42. The van der Waals surface area contributed by atoms with Gasteiger partial charge in [-0.2, -0.15) is 5.10 Å². The summed E-state index contributed by atoms with van der Waals surface area (Å²) in [4.78, 5) is 22.8. The van der Waals surface area contributed by atoms with Gasteiger partial charge in [0.1, 0.15) is 5.75 Å². The lowest BCUT2D eigenvalue weighted by Gasteiger charge is -2.13. The Balaban J connectivity index is 2.02. The van der Waals surface area contributed by atoms with E-state index in [1.807, 2.05) is 13.0 Å². The Bertz CT molecular complexity index is 854. The van der Waals surface area contributed by atoms with Gasteiger partial charge in [0.25, 0.3) is 5.91 Å². The maximum Gasteiger partial charge on any atom is 0.332 e. The Morgan fingerprint density at radius 2 is 1.89 bits per heavy atom. The lowest BCUT2D eigenvalue weighted by atomic mass is 10.2. The number of hydrazone groups is 1. The predicted octanol–water partition coefficient (Wildman–Crippen LogP) is 2.11.